The summed E-state index contributed by atoms with van der Waals surface area (Å²) in [5.41, 5.74) is 4.94. The highest BCUT2D eigenvalue weighted by Crippen LogP contribution is 2.15. The largest absolute Gasteiger partial charge is 0.469 e. The van der Waals surface area contributed by atoms with Crippen molar-refractivity contribution in [1.29, 1.82) is 0 Å². The molecule has 0 saturated heterocycles. The molecule has 0 fully saturated rings. The van der Waals surface area contributed by atoms with Crippen LogP contribution in [0, 0.1) is 6.92 Å². The van der Waals surface area contributed by atoms with E-state index in [2.05, 4.69) is 10.7 Å². The molecule has 0 unspecified atom stereocenters. The van der Waals surface area contributed by atoms with Crippen LogP contribution in [0.15, 0.2) is 41.0 Å². The van der Waals surface area contributed by atoms with Crippen molar-refractivity contribution in [3.05, 3.63) is 53.5 Å². The Morgan fingerprint density at radius 2 is 2.21 bits per heavy atom. The lowest BCUT2D eigenvalue weighted by Gasteiger charge is -2.08. The van der Waals surface area contributed by atoms with Crippen LogP contribution in [0.3, 0.4) is 0 Å². The van der Waals surface area contributed by atoms with Gasteiger partial charge in [0.25, 0.3) is 5.91 Å². The van der Waals surface area contributed by atoms with Gasteiger partial charge >= 0.3 is 0 Å². The Labute approximate surface area is 111 Å². The van der Waals surface area contributed by atoms with Crippen molar-refractivity contribution in [2.75, 3.05) is 12.0 Å². The predicted molar refractivity (Wildman–Crippen MR) is 73.7 cm³/mol. The van der Waals surface area contributed by atoms with Gasteiger partial charge in [-0.15, -0.1) is 0 Å². The molecule has 0 aliphatic carbocycles. The van der Waals surface area contributed by atoms with E-state index >= 15 is 0 Å². The van der Waals surface area contributed by atoms with Crippen LogP contribution in [-0.4, -0.2) is 12.5 Å². The van der Waals surface area contributed by atoms with Gasteiger partial charge in [-0.25, -0.2) is 0 Å². The summed E-state index contributed by atoms with van der Waals surface area (Å²) in [5.74, 6) is 6.11. The van der Waals surface area contributed by atoms with Gasteiger partial charge in [-0.2, -0.15) is 0 Å². The average molecular weight is 259 g/mol. The smallest absolute Gasteiger partial charge is 0.251 e. The number of benzene rings is 1. The number of aryl methyl sites for hydroxylation is 1. The van der Waals surface area contributed by atoms with Gasteiger partial charge in [-0.1, -0.05) is 0 Å². The van der Waals surface area contributed by atoms with E-state index in [0.29, 0.717) is 18.5 Å². The topological polar surface area (TPSA) is 80.3 Å². The SMILES string of the molecule is Cc1cc(C(=O)NCCc2ccco2)ccc1NN. The molecular weight excluding hydrogens is 242 g/mol. The van der Waals surface area contributed by atoms with Crippen LogP contribution in [0.2, 0.25) is 0 Å². The Morgan fingerprint density at radius 3 is 2.84 bits per heavy atom. The Kier molecular flexibility index (Phi) is 4.20. The Hall–Kier alpha value is -2.27. The number of anilines is 1. The minimum atomic E-state index is -0.0989. The van der Waals surface area contributed by atoms with E-state index in [1.54, 1.807) is 24.5 Å². The molecule has 1 amide bonds. The molecule has 0 aliphatic heterocycles. The summed E-state index contributed by atoms with van der Waals surface area (Å²) in [4.78, 5) is 11.9. The highest BCUT2D eigenvalue weighted by molar-refractivity contribution is 5.94. The summed E-state index contributed by atoms with van der Waals surface area (Å²) in [6.45, 7) is 2.44. The van der Waals surface area contributed by atoms with Crippen molar-refractivity contribution in [2.45, 2.75) is 13.3 Å². The quantitative estimate of drug-likeness (QED) is 0.565. The monoisotopic (exact) mass is 259 g/mol. The van der Waals surface area contributed by atoms with Crippen LogP contribution in [0.5, 0.6) is 0 Å². The predicted octanol–water partition coefficient (Wildman–Crippen LogP) is 1.85. The van der Waals surface area contributed by atoms with Crippen LogP contribution >= 0.6 is 0 Å². The van der Waals surface area contributed by atoms with Crippen LogP contribution < -0.4 is 16.6 Å². The third-order valence-electron chi connectivity index (χ3n) is 2.88. The van der Waals surface area contributed by atoms with Gasteiger partial charge in [0.2, 0.25) is 0 Å². The van der Waals surface area contributed by atoms with E-state index in [1.165, 1.54) is 0 Å². The molecule has 0 aliphatic rings. The molecule has 100 valence electrons. The van der Waals surface area contributed by atoms with E-state index in [1.807, 2.05) is 19.1 Å². The van der Waals surface area contributed by atoms with Gasteiger partial charge in [0.05, 0.1) is 12.0 Å². The standard InChI is InChI=1S/C14H17N3O2/c1-10-9-11(4-5-13(10)17-15)14(18)16-7-6-12-3-2-8-19-12/h2-5,8-9,17H,6-7,15H2,1H3,(H,16,18). The molecule has 1 aromatic heterocycles. The van der Waals surface area contributed by atoms with Gasteiger partial charge in [0.1, 0.15) is 5.76 Å². The molecule has 2 rings (SSSR count). The average Bonchev–Trinajstić information content (AvgIpc) is 2.91. The van der Waals surface area contributed by atoms with Crippen molar-refractivity contribution >= 4 is 11.6 Å². The number of furan rings is 1. The number of carbonyl (C=O) groups is 1. The molecule has 2 aromatic rings. The summed E-state index contributed by atoms with van der Waals surface area (Å²) >= 11 is 0. The van der Waals surface area contributed by atoms with Crippen LogP contribution in [0.4, 0.5) is 5.69 Å². The summed E-state index contributed by atoms with van der Waals surface area (Å²) in [7, 11) is 0. The van der Waals surface area contributed by atoms with Crippen LogP contribution in [-0.2, 0) is 6.42 Å². The van der Waals surface area contributed by atoms with Gasteiger partial charge < -0.3 is 15.2 Å². The highest BCUT2D eigenvalue weighted by atomic mass is 16.3. The number of rotatable bonds is 5. The number of amides is 1. The molecule has 1 aromatic carbocycles. The number of nitrogens with two attached hydrogens (primary N) is 1. The molecule has 0 spiro atoms. The first-order valence-electron chi connectivity index (χ1n) is 6.08. The van der Waals surface area contributed by atoms with E-state index in [4.69, 9.17) is 10.3 Å². The molecule has 0 radical (unpaired) electrons. The molecule has 0 bridgehead atoms. The summed E-state index contributed by atoms with van der Waals surface area (Å²) < 4.78 is 5.20. The molecular formula is C14H17N3O2. The maximum absolute atomic E-state index is 11.9. The first-order valence-corrected chi connectivity index (χ1v) is 6.08. The fourth-order valence-electron chi connectivity index (χ4n) is 1.82. The van der Waals surface area contributed by atoms with Gasteiger partial charge in [-0.3, -0.25) is 10.6 Å². The number of nitrogen functional groups attached to an aromatic ring is 1. The molecule has 19 heavy (non-hydrogen) atoms. The van der Waals surface area contributed by atoms with E-state index in [9.17, 15) is 4.79 Å². The second-order valence-electron chi connectivity index (χ2n) is 4.26. The van der Waals surface area contributed by atoms with Crippen molar-refractivity contribution in [1.82, 2.24) is 5.32 Å². The van der Waals surface area contributed by atoms with Crippen molar-refractivity contribution in [3.8, 4) is 0 Å². The van der Waals surface area contributed by atoms with Gasteiger partial charge in [0, 0.05) is 18.5 Å². The summed E-state index contributed by atoms with van der Waals surface area (Å²) in [6, 6.07) is 9.05. The zero-order chi connectivity index (χ0) is 13.7. The maximum Gasteiger partial charge on any atom is 0.251 e. The lowest BCUT2D eigenvalue weighted by Crippen LogP contribution is -2.25. The van der Waals surface area contributed by atoms with E-state index in [0.717, 1.165) is 17.0 Å². The number of hydrogen-bond acceptors (Lipinski definition) is 4. The van der Waals surface area contributed by atoms with Crippen molar-refractivity contribution in [3.63, 3.8) is 0 Å². The molecule has 0 saturated carbocycles. The lowest BCUT2D eigenvalue weighted by molar-refractivity contribution is 0.0953. The Morgan fingerprint density at radius 1 is 1.37 bits per heavy atom. The first-order chi connectivity index (χ1) is 9.20. The zero-order valence-corrected chi connectivity index (χ0v) is 10.8. The number of hydrazine groups is 1. The van der Waals surface area contributed by atoms with E-state index in [-0.39, 0.29) is 5.91 Å². The van der Waals surface area contributed by atoms with Gasteiger partial charge in [-0.05, 0) is 42.8 Å². The molecule has 5 heteroatoms. The number of carbonyl (C=O) groups excluding carboxylic acids is 1. The fourth-order valence-corrected chi connectivity index (χ4v) is 1.82. The van der Waals surface area contributed by atoms with E-state index < -0.39 is 0 Å². The molecule has 1 heterocycles. The molecule has 0 atom stereocenters. The Bertz CT molecular complexity index is 550. The van der Waals surface area contributed by atoms with Crippen molar-refractivity contribution < 1.29 is 9.21 Å². The summed E-state index contributed by atoms with van der Waals surface area (Å²) in [6.07, 6.45) is 2.30. The summed E-state index contributed by atoms with van der Waals surface area (Å²) in [5, 5.41) is 2.85. The molecule has 4 N–H and O–H groups in total. The first kappa shape index (κ1) is 13.2. The maximum atomic E-state index is 11.9. The third-order valence-corrected chi connectivity index (χ3v) is 2.88. The Balaban J connectivity index is 1.91. The second kappa shape index (κ2) is 6.06. The van der Waals surface area contributed by atoms with Gasteiger partial charge in [0.15, 0.2) is 0 Å². The second-order valence-corrected chi connectivity index (χ2v) is 4.26. The normalized spacial score (nSPS) is 10.2. The van der Waals surface area contributed by atoms with Crippen LogP contribution in [0.25, 0.3) is 0 Å². The minimum absolute atomic E-state index is 0.0989. The fraction of sp³-hybridized carbons (Fsp3) is 0.214. The highest BCUT2D eigenvalue weighted by Gasteiger charge is 2.07. The van der Waals surface area contributed by atoms with Crippen LogP contribution in [0.1, 0.15) is 21.7 Å². The third kappa shape index (κ3) is 3.35. The lowest BCUT2D eigenvalue weighted by atomic mass is 10.1. The molecule has 5 nitrogen and oxygen atoms in total. The number of nitrogens with one attached hydrogen (secondary N) is 2. The zero-order valence-electron chi connectivity index (χ0n) is 10.8. The number of hydrogen-bond donors (Lipinski definition) is 3. The minimum Gasteiger partial charge on any atom is -0.469 e. The van der Waals surface area contributed by atoms with Crippen molar-refractivity contribution in [2.24, 2.45) is 5.84 Å².